The van der Waals surface area contributed by atoms with Crippen molar-refractivity contribution in [1.29, 1.82) is 0 Å². The second kappa shape index (κ2) is 8.59. The number of rotatable bonds is 6. The van der Waals surface area contributed by atoms with Gasteiger partial charge in [0.05, 0.1) is 19.6 Å². The second-order valence-electron chi connectivity index (χ2n) is 5.03. The summed E-state index contributed by atoms with van der Waals surface area (Å²) in [7, 11) is -2.26. The Morgan fingerprint density at radius 3 is 2.50 bits per heavy atom. The van der Waals surface area contributed by atoms with Gasteiger partial charge in [-0.25, -0.2) is 4.39 Å². The summed E-state index contributed by atoms with van der Waals surface area (Å²) in [6, 6.07) is 10.3. The molecule has 0 amide bonds. The maximum absolute atomic E-state index is 12.8. The summed E-state index contributed by atoms with van der Waals surface area (Å²) in [6.45, 7) is 0. The monoisotopic (exact) mass is 397 g/mol. The Balaban J connectivity index is 1.99. The fourth-order valence-electron chi connectivity index (χ4n) is 1.85. The SMILES string of the molecule is COc1cc(C=NNC(=S)Nc2ccc(F)cc2)ccc1OS(C)(=O)=O. The van der Waals surface area contributed by atoms with E-state index in [2.05, 4.69) is 15.8 Å². The fraction of sp³-hybridized carbons (Fsp3) is 0.125. The molecule has 26 heavy (non-hydrogen) atoms. The van der Waals surface area contributed by atoms with E-state index in [4.69, 9.17) is 21.1 Å². The lowest BCUT2D eigenvalue weighted by atomic mass is 10.2. The number of hydrogen-bond donors (Lipinski definition) is 2. The zero-order chi connectivity index (χ0) is 19.2. The van der Waals surface area contributed by atoms with Gasteiger partial charge in [0.25, 0.3) is 0 Å². The number of methoxy groups -OCH3 is 1. The van der Waals surface area contributed by atoms with Crippen molar-refractivity contribution >= 4 is 39.4 Å². The van der Waals surface area contributed by atoms with Gasteiger partial charge in [-0.05, 0) is 60.2 Å². The van der Waals surface area contributed by atoms with Crippen molar-refractivity contribution in [2.24, 2.45) is 5.10 Å². The number of hydrazone groups is 1. The number of anilines is 1. The Bertz CT molecular complexity index is 916. The summed E-state index contributed by atoms with van der Waals surface area (Å²) < 4.78 is 45.2. The number of hydrogen-bond acceptors (Lipinski definition) is 6. The molecule has 138 valence electrons. The van der Waals surface area contributed by atoms with Gasteiger partial charge in [0.2, 0.25) is 0 Å². The molecule has 0 bridgehead atoms. The van der Waals surface area contributed by atoms with Crippen LogP contribution in [0.5, 0.6) is 11.5 Å². The second-order valence-corrected chi connectivity index (χ2v) is 7.01. The Labute approximate surface area is 155 Å². The molecule has 0 aromatic heterocycles. The molecular weight excluding hydrogens is 381 g/mol. The number of benzene rings is 2. The van der Waals surface area contributed by atoms with Crippen LogP contribution in [0.3, 0.4) is 0 Å². The van der Waals surface area contributed by atoms with Gasteiger partial charge in [-0.1, -0.05) is 0 Å². The Hall–Kier alpha value is -2.72. The number of thiocarbonyl (C=S) groups is 1. The number of halogens is 1. The molecule has 10 heteroatoms. The van der Waals surface area contributed by atoms with E-state index in [0.29, 0.717) is 11.3 Å². The quantitative estimate of drug-likeness (QED) is 0.335. The smallest absolute Gasteiger partial charge is 0.306 e. The van der Waals surface area contributed by atoms with Crippen molar-refractivity contribution in [3.05, 3.63) is 53.8 Å². The van der Waals surface area contributed by atoms with Crippen LogP contribution in [-0.2, 0) is 10.1 Å². The molecule has 0 saturated carbocycles. The minimum absolute atomic E-state index is 0.0774. The van der Waals surface area contributed by atoms with Gasteiger partial charge in [-0.3, -0.25) is 5.43 Å². The minimum atomic E-state index is -3.66. The first-order valence-corrected chi connectivity index (χ1v) is 9.42. The van der Waals surface area contributed by atoms with E-state index in [-0.39, 0.29) is 22.4 Å². The van der Waals surface area contributed by atoms with E-state index in [9.17, 15) is 12.8 Å². The van der Waals surface area contributed by atoms with E-state index in [1.54, 1.807) is 24.3 Å². The van der Waals surface area contributed by atoms with E-state index >= 15 is 0 Å². The van der Waals surface area contributed by atoms with Crippen LogP contribution in [0.25, 0.3) is 0 Å². The van der Waals surface area contributed by atoms with Crippen LogP contribution in [0.15, 0.2) is 47.6 Å². The number of nitrogens with zero attached hydrogens (tertiary/aromatic N) is 1. The van der Waals surface area contributed by atoms with E-state index in [1.165, 1.54) is 31.5 Å². The van der Waals surface area contributed by atoms with Crippen LogP contribution in [0.4, 0.5) is 10.1 Å². The van der Waals surface area contributed by atoms with Crippen molar-refractivity contribution in [3.8, 4) is 11.5 Å². The first-order valence-electron chi connectivity index (χ1n) is 7.20. The third-order valence-corrected chi connectivity index (χ3v) is 3.59. The van der Waals surface area contributed by atoms with Gasteiger partial charge in [0, 0.05) is 5.69 Å². The zero-order valence-corrected chi connectivity index (χ0v) is 15.5. The van der Waals surface area contributed by atoms with Crippen molar-refractivity contribution in [2.75, 3.05) is 18.7 Å². The summed E-state index contributed by atoms with van der Waals surface area (Å²) in [5.41, 5.74) is 3.85. The molecule has 0 atom stereocenters. The molecule has 0 aliphatic rings. The molecule has 2 aromatic carbocycles. The van der Waals surface area contributed by atoms with Gasteiger partial charge in [0.15, 0.2) is 16.6 Å². The predicted octanol–water partition coefficient (Wildman–Crippen LogP) is 2.49. The van der Waals surface area contributed by atoms with Gasteiger partial charge in [0.1, 0.15) is 5.82 Å². The van der Waals surface area contributed by atoms with Gasteiger partial charge in [-0.15, -0.1) is 0 Å². The zero-order valence-electron chi connectivity index (χ0n) is 13.9. The molecule has 0 aliphatic carbocycles. The molecule has 2 rings (SSSR count). The lowest BCUT2D eigenvalue weighted by Crippen LogP contribution is -2.23. The minimum Gasteiger partial charge on any atom is -0.493 e. The lowest BCUT2D eigenvalue weighted by molar-refractivity contribution is 0.391. The first kappa shape index (κ1) is 19.6. The highest BCUT2D eigenvalue weighted by molar-refractivity contribution is 7.86. The molecular formula is C16H16FN3O4S2. The largest absolute Gasteiger partial charge is 0.493 e. The molecule has 2 N–H and O–H groups in total. The molecule has 0 unspecified atom stereocenters. The van der Waals surface area contributed by atoms with E-state index in [1.807, 2.05) is 0 Å². The van der Waals surface area contributed by atoms with Crippen LogP contribution >= 0.6 is 12.2 Å². The summed E-state index contributed by atoms with van der Waals surface area (Å²) >= 11 is 5.07. The highest BCUT2D eigenvalue weighted by Gasteiger charge is 2.10. The number of ether oxygens (including phenoxy) is 1. The Kier molecular flexibility index (Phi) is 6.47. The van der Waals surface area contributed by atoms with Gasteiger partial charge < -0.3 is 14.2 Å². The lowest BCUT2D eigenvalue weighted by Gasteiger charge is -2.09. The van der Waals surface area contributed by atoms with Crippen molar-refractivity contribution in [1.82, 2.24) is 5.43 Å². The molecule has 0 radical (unpaired) electrons. The number of nitrogens with one attached hydrogen (secondary N) is 2. The van der Waals surface area contributed by atoms with Crippen LogP contribution in [-0.4, -0.2) is 33.1 Å². The van der Waals surface area contributed by atoms with Crippen LogP contribution < -0.4 is 19.7 Å². The van der Waals surface area contributed by atoms with Gasteiger partial charge in [-0.2, -0.15) is 13.5 Å². The molecule has 7 nitrogen and oxygen atoms in total. The predicted molar refractivity (Wildman–Crippen MR) is 102 cm³/mol. The maximum atomic E-state index is 12.8. The normalized spacial score (nSPS) is 11.2. The van der Waals surface area contributed by atoms with Crippen molar-refractivity contribution in [2.45, 2.75) is 0 Å². The third kappa shape index (κ3) is 6.30. The van der Waals surface area contributed by atoms with Crippen molar-refractivity contribution in [3.63, 3.8) is 0 Å². The van der Waals surface area contributed by atoms with Crippen molar-refractivity contribution < 1.29 is 21.7 Å². The van der Waals surface area contributed by atoms with Crippen LogP contribution in [0, 0.1) is 5.82 Å². The summed E-state index contributed by atoms with van der Waals surface area (Å²) in [5, 5.41) is 7.03. The van der Waals surface area contributed by atoms with Crippen LogP contribution in [0.2, 0.25) is 0 Å². The maximum Gasteiger partial charge on any atom is 0.306 e. The van der Waals surface area contributed by atoms with Gasteiger partial charge >= 0.3 is 10.1 Å². The summed E-state index contributed by atoms with van der Waals surface area (Å²) in [4.78, 5) is 0. The van der Waals surface area contributed by atoms with E-state index < -0.39 is 10.1 Å². The standard InChI is InChI=1S/C16H16FN3O4S2/c1-23-15-9-11(3-8-14(15)24-26(2,21)22)10-18-20-16(25)19-13-6-4-12(17)5-7-13/h3-10H,1-2H3,(H2,19,20,25). The molecule has 0 heterocycles. The fourth-order valence-corrected chi connectivity index (χ4v) is 2.49. The molecule has 0 saturated heterocycles. The van der Waals surface area contributed by atoms with E-state index in [0.717, 1.165) is 6.26 Å². The van der Waals surface area contributed by atoms with Crippen LogP contribution in [0.1, 0.15) is 5.56 Å². The molecule has 2 aromatic rings. The topological polar surface area (TPSA) is 89.0 Å². The molecule has 0 fully saturated rings. The molecule has 0 aliphatic heterocycles. The highest BCUT2D eigenvalue weighted by atomic mass is 32.2. The summed E-state index contributed by atoms with van der Waals surface area (Å²) in [6.07, 6.45) is 2.41. The average molecular weight is 397 g/mol. The first-order chi connectivity index (χ1) is 12.3. The Morgan fingerprint density at radius 2 is 1.88 bits per heavy atom. The average Bonchev–Trinajstić information content (AvgIpc) is 2.57. The highest BCUT2D eigenvalue weighted by Crippen LogP contribution is 2.28. The molecule has 0 spiro atoms. The third-order valence-electron chi connectivity index (χ3n) is 2.91. The Morgan fingerprint density at radius 1 is 1.19 bits per heavy atom. The summed E-state index contributed by atoms with van der Waals surface area (Å²) in [5.74, 6) is -0.0234.